The molecule has 1 unspecified atom stereocenters. The molecule has 0 aliphatic rings. The molecular formula is C11H21N3O. The largest absolute Gasteiger partial charge is 0.383 e. The second-order valence-electron chi connectivity index (χ2n) is 3.85. The maximum Gasteiger partial charge on any atom is 0.0613 e. The highest BCUT2D eigenvalue weighted by molar-refractivity contribution is 5.03. The van der Waals surface area contributed by atoms with Gasteiger partial charge in [-0.25, -0.2) is 0 Å². The molecule has 0 amide bonds. The molecule has 1 N–H and O–H groups in total. The van der Waals surface area contributed by atoms with Crippen LogP contribution in [0.4, 0.5) is 0 Å². The summed E-state index contributed by atoms with van der Waals surface area (Å²) in [5, 5.41) is 7.65. The van der Waals surface area contributed by atoms with Crippen molar-refractivity contribution in [1.29, 1.82) is 0 Å². The Hall–Kier alpha value is -0.870. The Labute approximate surface area is 91.6 Å². The highest BCUT2D eigenvalue weighted by Gasteiger charge is 2.02. The summed E-state index contributed by atoms with van der Waals surface area (Å²) >= 11 is 0. The monoisotopic (exact) mass is 211 g/mol. The number of hydrogen-bond donors (Lipinski definition) is 1. The van der Waals surface area contributed by atoms with Crippen molar-refractivity contribution < 1.29 is 4.74 Å². The molecular weight excluding hydrogens is 190 g/mol. The van der Waals surface area contributed by atoms with Crippen molar-refractivity contribution in [2.24, 2.45) is 0 Å². The highest BCUT2D eigenvalue weighted by atomic mass is 16.5. The third kappa shape index (κ3) is 4.44. The van der Waals surface area contributed by atoms with Gasteiger partial charge < -0.3 is 10.1 Å². The molecule has 1 aromatic heterocycles. The first kappa shape index (κ1) is 12.2. The molecule has 0 bridgehead atoms. The van der Waals surface area contributed by atoms with Gasteiger partial charge in [-0.3, -0.25) is 4.68 Å². The van der Waals surface area contributed by atoms with Crippen LogP contribution in [-0.4, -0.2) is 29.5 Å². The van der Waals surface area contributed by atoms with Crippen LogP contribution in [0.5, 0.6) is 0 Å². The van der Waals surface area contributed by atoms with Gasteiger partial charge in [0.2, 0.25) is 0 Å². The lowest BCUT2D eigenvalue weighted by Crippen LogP contribution is -2.29. The molecule has 15 heavy (non-hydrogen) atoms. The zero-order chi connectivity index (χ0) is 11.1. The second-order valence-corrected chi connectivity index (χ2v) is 3.85. The van der Waals surface area contributed by atoms with Gasteiger partial charge in [0.05, 0.1) is 12.8 Å². The first-order valence-corrected chi connectivity index (χ1v) is 5.50. The molecule has 0 saturated carbocycles. The normalized spacial score (nSPS) is 13.0. The maximum atomic E-state index is 5.05. The highest BCUT2D eigenvalue weighted by Crippen LogP contribution is 1.99. The van der Waals surface area contributed by atoms with Crippen molar-refractivity contribution in [3.05, 3.63) is 18.0 Å². The third-order valence-corrected chi connectivity index (χ3v) is 2.21. The van der Waals surface area contributed by atoms with E-state index in [0.717, 1.165) is 26.1 Å². The zero-order valence-corrected chi connectivity index (χ0v) is 9.86. The van der Waals surface area contributed by atoms with Crippen LogP contribution in [0.25, 0.3) is 0 Å². The summed E-state index contributed by atoms with van der Waals surface area (Å²) in [6.45, 7) is 6.85. The summed E-state index contributed by atoms with van der Waals surface area (Å²) < 4.78 is 7.04. The zero-order valence-electron chi connectivity index (χ0n) is 9.86. The van der Waals surface area contributed by atoms with Gasteiger partial charge in [-0.05, 0) is 13.3 Å². The van der Waals surface area contributed by atoms with Crippen LogP contribution in [0.15, 0.2) is 12.4 Å². The van der Waals surface area contributed by atoms with E-state index in [4.69, 9.17) is 4.74 Å². The summed E-state index contributed by atoms with van der Waals surface area (Å²) in [6.07, 6.45) is 5.13. The van der Waals surface area contributed by atoms with Crippen LogP contribution < -0.4 is 5.32 Å². The third-order valence-electron chi connectivity index (χ3n) is 2.21. The van der Waals surface area contributed by atoms with Gasteiger partial charge in [0.1, 0.15) is 0 Å². The standard InChI is InChI=1S/C11H21N3O/c1-4-5-14-8-11(7-13-14)6-12-10(2)9-15-3/h7-8,10,12H,4-6,9H2,1-3H3. The van der Waals surface area contributed by atoms with E-state index in [0.29, 0.717) is 6.04 Å². The van der Waals surface area contributed by atoms with E-state index in [1.54, 1.807) is 7.11 Å². The number of rotatable bonds is 7. The maximum absolute atomic E-state index is 5.05. The number of aromatic nitrogens is 2. The Morgan fingerprint density at radius 3 is 3.07 bits per heavy atom. The van der Waals surface area contributed by atoms with Crippen molar-refractivity contribution >= 4 is 0 Å². The van der Waals surface area contributed by atoms with Gasteiger partial charge in [0.15, 0.2) is 0 Å². The molecule has 0 aliphatic carbocycles. The second kappa shape index (κ2) is 6.58. The smallest absolute Gasteiger partial charge is 0.0613 e. The van der Waals surface area contributed by atoms with E-state index < -0.39 is 0 Å². The minimum absolute atomic E-state index is 0.379. The van der Waals surface area contributed by atoms with Gasteiger partial charge in [-0.2, -0.15) is 5.10 Å². The molecule has 1 rings (SSSR count). The molecule has 0 saturated heterocycles. The fraction of sp³-hybridized carbons (Fsp3) is 0.727. The predicted octanol–water partition coefficient (Wildman–Crippen LogP) is 1.42. The predicted molar refractivity (Wildman–Crippen MR) is 60.7 cm³/mol. The summed E-state index contributed by atoms with van der Waals surface area (Å²) in [4.78, 5) is 0. The van der Waals surface area contributed by atoms with Crippen molar-refractivity contribution in [2.75, 3.05) is 13.7 Å². The van der Waals surface area contributed by atoms with Gasteiger partial charge in [0.25, 0.3) is 0 Å². The van der Waals surface area contributed by atoms with E-state index in [-0.39, 0.29) is 0 Å². The molecule has 1 aromatic rings. The van der Waals surface area contributed by atoms with Crippen molar-refractivity contribution in [3.8, 4) is 0 Å². The number of ether oxygens (including phenoxy) is 1. The molecule has 4 nitrogen and oxygen atoms in total. The molecule has 0 fully saturated rings. The van der Waals surface area contributed by atoms with Gasteiger partial charge >= 0.3 is 0 Å². The van der Waals surface area contributed by atoms with Crippen LogP contribution >= 0.6 is 0 Å². The van der Waals surface area contributed by atoms with Crippen LogP contribution in [0.3, 0.4) is 0 Å². The molecule has 0 spiro atoms. The molecule has 0 aromatic carbocycles. The van der Waals surface area contributed by atoms with Gasteiger partial charge in [-0.15, -0.1) is 0 Å². The number of aryl methyl sites for hydroxylation is 1. The van der Waals surface area contributed by atoms with Crippen LogP contribution in [-0.2, 0) is 17.8 Å². The lowest BCUT2D eigenvalue weighted by atomic mass is 10.3. The molecule has 0 radical (unpaired) electrons. The number of nitrogens with one attached hydrogen (secondary N) is 1. The number of nitrogens with zero attached hydrogens (tertiary/aromatic N) is 2. The molecule has 1 atom stereocenters. The Balaban J connectivity index is 2.30. The number of hydrogen-bond acceptors (Lipinski definition) is 3. The summed E-state index contributed by atoms with van der Waals surface area (Å²) in [5.74, 6) is 0. The molecule has 4 heteroatoms. The lowest BCUT2D eigenvalue weighted by Gasteiger charge is -2.11. The quantitative estimate of drug-likeness (QED) is 0.741. The Morgan fingerprint density at radius 2 is 2.40 bits per heavy atom. The van der Waals surface area contributed by atoms with Gasteiger partial charge in [-0.1, -0.05) is 6.92 Å². The minimum atomic E-state index is 0.379. The van der Waals surface area contributed by atoms with E-state index in [1.807, 2.05) is 10.9 Å². The van der Waals surface area contributed by atoms with E-state index >= 15 is 0 Å². The average molecular weight is 211 g/mol. The van der Waals surface area contributed by atoms with Crippen LogP contribution in [0.1, 0.15) is 25.8 Å². The Bertz CT molecular complexity index is 273. The summed E-state index contributed by atoms with van der Waals surface area (Å²) in [5.41, 5.74) is 1.23. The number of methoxy groups -OCH3 is 1. The average Bonchev–Trinajstić information content (AvgIpc) is 2.64. The van der Waals surface area contributed by atoms with Crippen molar-refractivity contribution in [3.63, 3.8) is 0 Å². The fourth-order valence-electron chi connectivity index (χ4n) is 1.45. The van der Waals surface area contributed by atoms with Crippen molar-refractivity contribution in [2.45, 2.75) is 39.4 Å². The van der Waals surface area contributed by atoms with E-state index in [9.17, 15) is 0 Å². The Morgan fingerprint density at radius 1 is 1.60 bits per heavy atom. The van der Waals surface area contributed by atoms with Crippen LogP contribution in [0, 0.1) is 0 Å². The van der Waals surface area contributed by atoms with Crippen molar-refractivity contribution in [1.82, 2.24) is 15.1 Å². The summed E-state index contributed by atoms with van der Waals surface area (Å²) in [6, 6.07) is 0.379. The topological polar surface area (TPSA) is 39.1 Å². The Kier molecular flexibility index (Phi) is 5.36. The van der Waals surface area contributed by atoms with Gasteiger partial charge in [0, 0.05) is 38.0 Å². The first-order chi connectivity index (χ1) is 7.26. The minimum Gasteiger partial charge on any atom is -0.383 e. The lowest BCUT2D eigenvalue weighted by molar-refractivity contribution is 0.171. The van der Waals surface area contributed by atoms with Crippen LogP contribution in [0.2, 0.25) is 0 Å². The summed E-state index contributed by atoms with van der Waals surface area (Å²) in [7, 11) is 1.72. The first-order valence-electron chi connectivity index (χ1n) is 5.50. The SMILES string of the molecule is CCCn1cc(CNC(C)COC)cn1. The fourth-order valence-corrected chi connectivity index (χ4v) is 1.45. The van der Waals surface area contributed by atoms with E-state index in [1.165, 1.54) is 5.56 Å². The van der Waals surface area contributed by atoms with E-state index in [2.05, 4.69) is 30.5 Å². The molecule has 1 heterocycles. The molecule has 0 aliphatic heterocycles. The molecule has 86 valence electrons.